The van der Waals surface area contributed by atoms with Crippen LogP contribution in [0.15, 0.2) is 28.5 Å². The first-order valence-electron chi connectivity index (χ1n) is 5.61. The van der Waals surface area contributed by atoms with Crippen molar-refractivity contribution in [2.75, 3.05) is 0 Å². The van der Waals surface area contributed by atoms with Gasteiger partial charge in [-0.15, -0.1) is 0 Å². The molecular formula is C13H14O4S. The van der Waals surface area contributed by atoms with Crippen molar-refractivity contribution in [2.45, 2.75) is 25.2 Å². The number of rotatable bonds is 3. The predicted molar refractivity (Wildman–Crippen MR) is 67.8 cm³/mol. The molecule has 1 atom stereocenters. The van der Waals surface area contributed by atoms with Crippen LogP contribution in [0.1, 0.15) is 24.5 Å². The van der Waals surface area contributed by atoms with Gasteiger partial charge >= 0.3 is 5.97 Å². The molecular weight excluding hydrogens is 252 g/mol. The number of hydrogen-bond donors (Lipinski definition) is 1. The smallest absolute Gasteiger partial charge is 0.306 e. The number of aliphatic carboxylic acids is 1. The molecule has 0 amide bonds. The van der Waals surface area contributed by atoms with E-state index in [1.54, 1.807) is 19.1 Å². The Labute approximate surface area is 106 Å². The maximum Gasteiger partial charge on any atom is 0.306 e. The van der Waals surface area contributed by atoms with Gasteiger partial charge in [0.25, 0.3) is 0 Å². The number of hydrogen-bond acceptors (Lipinski definition) is 3. The molecule has 18 heavy (non-hydrogen) atoms. The highest BCUT2D eigenvalue weighted by Gasteiger charge is 2.28. The first-order valence-corrected chi connectivity index (χ1v) is 7.15. The van der Waals surface area contributed by atoms with Crippen LogP contribution in [0.2, 0.25) is 0 Å². The van der Waals surface area contributed by atoms with Gasteiger partial charge in [-0.1, -0.05) is 19.1 Å². The zero-order valence-electron chi connectivity index (χ0n) is 10.2. The van der Waals surface area contributed by atoms with E-state index in [0.717, 1.165) is 5.56 Å². The summed E-state index contributed by atoms with van der Waals surface area (Å²) in [5, 5.41) is 10.1. The van der Waals surface area contributed by atoms with E-state index in [0.29, 0.717) is 11.1 Å². The van der Waals surface area contributed by atoms with Gasteiger partial charge in [0.1, 0.15) is 0 Å². The maximum absolute atomic E-state index is 11.9. The van der Waals surface area contributed by atoms with E-state index in [-0.39, 0.29) is 11.3 Å². The molecule has 4 nitrogen and oxygen atoms in total. The third kappa shape index (κ3) is 2.18. The Morgan fingerprint density at radius 2 is 2.06 bits per heavy atom. The van der Waals surface area contributed by atoms with Crippen LogP contribution in [0, 0.1) is 12.8 Å². The predicted octanol–water partition coefficient (Wildman–Crippen LogP) is 2.23. The van der Waals surface area contributed by atoms with E-state index < -0.39 is 21.7 Å². The SMILES string of the molecule is Cc1ccc2c(c1)S(=O)(=O)C=C2CC(C)C(=O)O. The van der Waals surface area contributed by atoms with Gasteiger partial charge in [-0.3, -0.25) is 4.79 Å². The van der Waals surface area contributed by atoms with E-state index >= 15 is 0 Å². The third-order valence-electron chi connectivity index (χ3n) is 3.03. The minimum absolute atomic E-state index is 0.227. The van der Waals surface area contributed by atoms with Crippen LogP contribution in [0.5, 0.6) is 0 Å². The highest BCUT2D eigenvalue weighted by Crippen LogP contribution is 2.37. The van der Waals surface area contributed by atoms with Crippen LogP contribution in [0.3, 0.4) is 0 Å². The molecule has 5 heteroatoms. The lowest BCUT2D eigenvalue weighted by Gasteiger charge is -2.08. The van der Waals surface area contributed by atoms with Crippen molar-refractivity contribution in [3.8, 4) is 0 Å². The Kier molecular flexibility index (Phi) is 3.02. The molecule has 0 radical (unpaired) electrons. The van der Waals surface area contributed by atoms with Gasteiger partial charge in [-0.05, 0) is 36.1 Å². The second-order valence-electron chi connectivity index (χ2n) is 4.63. The fraction of sp³-hybridized carbons (Fsp3) is 0.308. The molecule has 0 bridgehead atoms. The zero-order valence-corrected chi connectivity index (χ0v) is 11.0. The van der Waals surface area contributed by atoms with Crippen molar-refractivity contribution < 1.29 is 18.3 Å². The lowest BCUT2D eigenvalue weighted by atomic mass is 9.96. The van der Waals surface area contributed by atoms with Crippen molar-refractivity contribution in [3.63, 3.8) is 0 Å². The van der Waals surface area contributed by atoms with Crippen molar-refractivity contribution in [1.82, 2.24) is 0 Å². The number of aryl methyl sites for hydroxylation is 1. The molecule has 0 aliphatic carbocycles. The van der Waals surface area contributed by atoms with Crippen LogP contribution < -0.4 is 0 Å². The van der Waals surface area contributed by atoms with E-state index in [1.165, 1.54) is 5.41 Å². The van der Waals surface area contributed by atoms with Crippen LogP contribution in [0.25, 0.3) is 5.57 Å². The van der Waals surface area contributed by atoms with Crippen molar-refractivity contribution in [3.05, 3.63) is 34.7 Å². The summed E-state index contributed by atoms with van der Waals surface area (Å²) in [5.74, 6) is -1.52. The molecule has 1 N–H and O–H groups in total. The Morgan fingerprint density at radius 3 is 2.67 bits per heavy atom. The fourth-order valence-electron chi connectivity index (χ4n) is 2.02. The van der Waals surface area contributed by atoms with E-state index in [4.69, 9.17) is 5.11 Å². The summed E-state index contributed by atoms with van der Waals surface area (Å²) in [7, 11) is -3.40. The number of carbonyl (C=O) groups is 1. The maximum atomic E-state index is 11.9. The van der Waals surface area contributed by atoms with Crippen LogP contribution in [-0.2, 0) is 14.6 Å². The minimum Gasteiger partial charge on any atom is -0.481 e. The molecule has 1 aliphatic heterocycles. The number of allylic oxidation sites excluding steroid dienone is 1. The monoisotopic (exact) mass is 266 g/mol. The molecule has 1 heterocycles. The van der Waals surface area contributed by atoms with Gasteiger partial charge in [-0.25, -0.2) is 8.42 Å². The fourth-order valence-corrected chi connectivity index (χ4v) is 3.60. The summed E-state index contributed by atoms with van der Waals surface area (Å²) in [5.41, 5.74) is 2.09. The zero-order chi connectivity index (χ0) is 13.5. The lowest BCUT2D eigenvalue weighted by Crippen LogP contribution is -2.09. The number of fused-ring (bicyclic) bond motifs is 1. The Balaban J connectivity index is 2.45. The molecule has 1 aromatic carbocycles. The summed E-state index contributed by atoms with van der Waals surface area (Å²) < 4.78 is 23.9. The molecule has 2 rings (SSSR count). The van der Waals surface area contributed by atoms with Crippen molar-refractivity contribution >= 4 is 21.4 Å². The number of benzene rings is 1. The van der Waals surface area contributed by atoms with Gasteiger partial charge in [-0.2, -0.15) is 0 Å². The molecule has 0 saturated heterocycles. The Hall–Kier alpha value is -1.62. The topological polar surface area (TPSA) is 71.4 Å². The second kappa shape index (κ2) is 4.24. The number of carboxylic acid groups (broad SMARTS) is 1. The number of sulfone groups is 1. The third-order valence-corrected chi connectivity index (χ3v) is 4.58. The first kappa shape index (κ1) is 12.8. The van der Waals surface area contributed by atoms with E-state index in [2.05, 4.69) is 0 Å². The van der Waals surface area contributed by atoms with Gasteiger partial charge in [0.2, 0.25) is 9.84 Å². The quantitative estimate of drug-likeness (QED) is 0.910. The van der Waals surface area contributed by atoms with E-state index in [1.807, 2.05) is 13.0 Å². The molecule has 0 aromatic heterocycles. The normalized spacial score (nSPS) is 18.0. The Bertz CT molecular complexity index is 641. The average molecular weight is 266 g/mol. The highest BCUT2D eigenvalue weighted by molar-refractivity contribution is 7.95. The highest BCUT2D eigenvalue weighted by atomic mass is 32.2. The molecule has 1 aromatic rings. The van der Waals surface area contributed by atoms with Gasteiger partial charge in [0.15, 0.2) is 0 Å². The molecule has 96 valence electrons. The standard InChI is InChI=1S/C13H14O4S/c1-8-3-4-11-10(6-9(2)13(14)15)7-18(16,17)12(11)5-8/h3-5,7,9H,6H2,1-2H3,(H,14,15). The van der Waals surface area contributed by atoms with Gasteiger partial charge in [0.05, 0.1) is 10.8 Å². The minimum atomic E-state index is -3.40. The van der Waals surface area contributed by atoms with Crippen molar-refractivity contribution in [2.24, 2.45) is 5.92 Å². The van der Waals surface area contributed by atoms with Gasteiger partial charge < -0.3 is 5.11 Å². The second-order valence-corrected chi connectivity index (χ2v) is 6.40. The van der Waals surface area contributed by atoms with Crippen LogP contribution in [-0.4, -0.2) is 19.5 Å². The summed E-state index contributed by atoms with van der Waals surface area (Å²) in [6.07, 6.45) is 0.227. The largest absolute Gasteiger partial charge is 0.481 e. The summed E-state index contributed by atoms with van der Waals surface area (Å²) in [6, 6.07) is 5.20. The van der Waals surface area contributed by atoms with Crippen molar-refractivity contribution in [1.29, 1.82) is 0 Å². The first-order chi connectivity index (χ1) is 8.31. The molecule has 0 spiro atoms. The summed E-state index contributed by atoms with van der Waals surface area (Å²) >= 11 is 0. The summed E-state index contributed by atoms with van der Waals surface area (Å²) in [6.45, 7) is 3.40. The van der Waals surface area contributed by atoms with Gasteiger partial charge in [0, 0.05) is 5.41 Å². The molecule has 1 aliphatic rings. The van der Waals surface area contributed by atoms with E-state index in [9.17, 15) is 13.2 Å². The van der Waals surface area contributed by atoms with Crippen LogP contribution in [0.4, 0.5) is 0 Å². The molecule has 0 fully saturated rings. The molecule has 1 unspecified atom stereocenters. The molecule has 0 saturated carbocycles. The van der Waals surface area contributed by atoms with Crippen LogP contribution >= 0.6 is 0 Å². The Morgan fingerprint density at radius 1 is 1.39 bits per heavy atom. The summed E-state index contributed by atoms with van der Waals surface area (Å²) in [4.78, 5) is 11.1. The lowest BCUT2D eigenvalue weighted by molar-refractivity contribution is -0.140. The average Bonchev–Trinajstić information content (AvgIpc) is 2.50. The number of carboxylic acids is 1.